The molecule has 0 amide bonds. The molecule has 0 aromatic heterocycles. The molecule has 108 valence electrons. The minimum atomic E-state index is -3.77. The topological polar surface area (TPSA) is 66.4 Å². The van der Waals surface area contributed by atoms with Gasteiger partial charge in [-0.1, -0.05) is 43.1 Å². The monoisotopic (exact) mass is 325 g/mol. The van der Waals surface area contributed by atoms with Crippen molar-refractivity contribution in [2.45, 2.75) is 25.2 Å². The fourth-order valence-electron chi connectivity index (χ4n) is 1.49. The number of nitrogens with one attached hydrogen (secondary N) is 1. The van der Waals surface area contributed by atoms with Crippen molar-refractivity contribution in [2.24, 2.45) is 5.41 Å². The summed E-state index contributed by atoms with van der Waals surface area (Å²) in [4.78, 5) is -0.113. The van der Waals surface area contributed by atoms with Gasteiger partial charge in [0.05, 0.1) is 10.0 Å². The van der Waals surface area contributed by atoms with Crippen molar-refractivity contribution in [1.29, 1.82) is 0 Å². The van der Waals surface area contributed by atoms with E-state index in [0.717, 1.165) is 0 Å². The summed E-state index contributed by atoms with van der Waals surface area (Å²) >= 11 is 11.8. The van der Waals surface area contributed by atoms with Crippen LogP contribution in [0.1, 0.15) is 20.3 Å². The van der Waals surface area contributed by atoms with Gasteiger partial charge in [-0.05, 0) is 24.0 Å². The molecular weight excluding hydrogens is 309 g/mol. The molecule has 0 bridgehead atoms. The first-order chi connectivity index (χ1) is 8.69. The Bertz CT molecular complexity index is 524. The number of hydrogen-bond donors (Lipinski definition) is 2. The molecule has 1 rings (SSSR count). The van der Waals surface area contributed by atoms with Gasteiger partial charge in [-0.25, -0.2) is 13.1 Å². The molecule has 19 heavy (non-hydrogen) atoms. The van der Waals surface area contributed by atoms with Crippen LogP contribution in [0.25, 0.3) is 0 Å². The second-order valence-corrected chi connectivity index (χ2v) is 7.53. The van der Waals surface area contributed by atoms with Crippen LogP contribution in [0.2, 0.25) is 10.0 Å². The maximum atomic E-state index is 12.2. The lowest BCUT2D eigenvalue weighted by molar-refractivity contribution is 0.213. The van der Waals surface area contributed by atoms with E-state index < -0.39 is 10.0 Å². The van der Waals surface area contributed by atoms with Crippen LogP contribution in [0.4, 0.5) is 0 Å². The average Bonchev–Trinajstić information content (AvgIpc) is 2.26. The Labute approximate surface area is 123 Å². The summed E-state index contributed by atoms with van der Waals surface area (Å²) in [6, 6.07) is 4.53. The fourth-order valence-corrected chi connectivity index (χ4v) is 3.87. The third-order valence-corrected chi connectivity index (χ3v) is 5.07. The lowest BCUT2D eigenvalue weighted by Crippen LogP contribution is -2.34. The molecule has 0 saturated heterocycles. The highest BCUT2D eigenvalue weighted by molar-refractivity contribution is 7.89. The standard InChI is InChI=1S/C12H17Cl2NO3S/c1-12(2,6-7-16)8-15-19(17,18)11-9(13)4-3-5-10(11)14/h3-5,15-16H,6-8H2,1-2H3. The quantitative estimate of drug-likeness (QED) is 0.845. The van der Waals surface area contributed by atoms with Crippen molar-refractivity contribution in [3.8, 4) is 0 Å². The normalized spacial score (nSPS) is 12.7. The zero-order valence-electron chi connectivity index (χ0n) is 10.8. The number of hydrogen-bond acceptors (Lipinski definition) is 3. The van der Waals surface area contributed by atoms with Gasteiger partial charge in [0.15, 0.2) is 0 Å². The van der Waals surface area contributed by atoms with Gasteiger partial charge in [-0.15, -0.1) is 0 Å². The number of sulfonamides is 1. The molecule has 0 fully saturated rings. The molecule has 0 saturated carbocycles. The highest BCUT2D eigenvalue weighted by Crippen LogP contribution is 2.29. The Morgan fingerprint density at radius 3 is 2.26 bits per heavy atom. The molecule has 0 atom stereocenters. The SMILES string of the molecule is CC(C)(CCO)CNS(=O)(=O)c1c(Cl)cccc1Cl. The molecule has 0 spiro atoms. The second-order valence-electron chi connectivity index (χ2n) is 5.01. The Balaban J connectivity index is 2.94. The minimum Gasteiger partial charge on any atom is -0.396 e. The van der Waals surface area contributed by atoms with E-state index in [-0.39, 0.29) is 33.5 Å². The van der Waals surface area contributed by atoms with Gasteiger partial charge in [-0.2, -0.15) is 0 Å². The third-order valence-electron chi connectivity index (χ3n) is 2.72. The first-order valence-electron chi connectivity index (χ1n) is 5.74. The van der Waals surface area contributed by atoms with E-state index in [4.69, 9.17) is 28.3 Å². The van der Waals surface area contributed by atoms with Crippen LogP contribution < -0.4 is 4.72 Å². The van der Waals surface area contributed by atoms with E-state index in [9.17, 15) is 8.42 Å². The van der Waals surface area contributed by atoms with Crippen LogP contribution in [0, 0.1) is 5.41 Å². The smallest absolute Gasteiger partial charge is 0.243 e. The molecule has 0 aliphatic rings. The molecule has 0 aliphatic heterocycles. The van der Waals surface area contributed by atoms with E-state index in [2.05, 4.69) is 4.72 Å². The molecule has 0 aliphatic carbocycles. The van der Waals surface area contributed by atoms with Crippen LogP contribution in [0.5, 0.6) is 0 Å². The summed E-state index contributed by atoms with van der Waals surface area (Å²) in [6.45, 7) is 3.92. The van der Waals surface area contributed by atoms with Crippen LogP contribution in [0.3, 0.4) is 0 Å². The molecule has 0 unspecified atom stereocenters. The highest BCUT2D eigenvalue weighted by atomic mass is 35.5. The lowest BCUT2D eigenvalue weighted by atomic mass is 9.90. The first kappa shape index (κ1) is 16.7. The second kappa shape index (κ2) is 6.41. The van der Waals surface area contributed by atoms with E-state index in [1.54, 1.807) is 6.07 Å². The summed E-state index contributed by atoms with van der Waals surface area (Å²) in [5.41, 5.74) is -0.352. The van der Waals surface area contributed by atoms with Crippen LogP contribution in [-0.4, -0.2) is 26.7 Å². The number of halogens is 2. The average molecular weight is 326 g/mol. The molecule has 0 radical (unpaired) electrons. The predicted octanol–water partition coefficient (Wildman–Crippen LogP) is 2.68. The van der Waals surface area contributed by atoms with Crippen molar-refractivity contribution in [1.82, 2.24) is 4.72 Å². The van der Waals surface area contributed by atoms with Gasteiger partial charge in [0, 0.05) is 13.2 Å². The summed E-state index contributed by atoms with van der Waals surface area (Å²) in [5.74, 6) is 0. The van der Waals surface area contributed by atoms with Gasteiger partial charge in [0.2, 0.25) is 10.0 Å². The zero-order chi connectivity index (χ0) is 14.7. The van der Waals surface area contributed by atoms with Crippen LogP contribution in [0.15, 0.2) is 23.1 Å². The Morgan fingerprint density at radius 2 is 1.79 bits per heavy atom. The van der Waals surface area contributed by atoms with Gasteiger partial charge < -0.3 is 5.11 Å². The Hall–Kier alpha value is -0.330. The van der Waals surface area contributed by atoms with Gasteiger partial charge in [0.1, 0.15) is 4.90 Å². The van der Waals surface area contributed by atoms with Crippen molar-refractivity contribution in [3.05, 3.63) is 28.2 Å². The number of benzene rings is 1. The summed E-state index contributed by atoms with van der Waals surface area (Å²) in [5, 5.41) is 9.08. The summed E-state index contributed by atoms with van der Waals surface area (Å²) in [6.07, 6.45) is 0.492. The fraction of sp³-hybridized carbons (Fsp3) is 0.500. The van der Waals surface area contributed by atoms with E-state index in [1.165, 1.54) is 12.1 Å². The third kappa shape index (κ3) is 4.61. The first-order valence-corrected chi connectivity index (χ1v) is 7.98. The molecule has 2 N–H and O–H groups in total. The highest BCUT2D eigenvalue weighted by Gasteiger charge is 2.25. The maximum absolute atomic E-state index is 12.2. The van der Waals surface area contributed by atoms with Crippen LogP contribution >= 0.6 is 23.2 Å². The van der Waals surface area contributed by atoms with E-state index in [1.807, 2.05) is 13.8 Å². The van der Waals surface area contributed by atoms with Crippen molar-refractivity contribution < 1.29 is 13.5 Å². The van der Waals surface area contributed by atoms with E-state index >= 15 is 0 Å². The van der Waals surface area contributed by atoms with Crippen molar-refractivity contribution in [3.63, 3.8) is 0 Å². The molecular formula is C12H17Cl2NO3S. The Morgan fingerprint density at radius 1 is 1.26 bits per heavy atom. The molecule has 7 heteroatoms. The van der Waals surface area contributed by atoms with Gasteiger partial charge >= 0.3 is 0 Å². The number of aliphatic hydroxyl groups is 1. The van der Waals surface area contributed by atoms with Crippen molar-refractivity contribution >= 4 is 33.2 Å². The van der Waals surface area contributed by atoms with E-state index in [0.29, 0.717) is 6.42 Å². The number of rotatable bonds is 6. The number of aliphatic hydroxyl groups excluding tert-OH is 1. The zero-order valence-corrected chi connectivity index (χ0v) is 13.1. The largest absolute Gasteiger partial charge is 0.396 e. The maximum Gasteiger partial charge on any atom is 0.243 e. The molecule has 1 aromatic carbocycles. The Kier molecular flexibility index (Phi) is 5.65. The van der Waals surface area contributed by atoms with Gasteiger partial charge in [0.25, 0.3) is 0 Å². The predicted molar refractivity (Wildman–Crippen MR) is 77.1 cm³/mol. The lowest BCUT2D eigenvalue weighted by Gasteiger charge is -2.24. The minimum absolute atomic E-state index is 0.00156. The summed E-state index contributed by atoms with van der Waals surface area (Å²) < 4.78 is 26.8. The molecule has 0 heterocycles. The summed E-state index contributed by atoms with van der Waals surface area (Å²) in [7, 11) is -3.77. The molecule has 4 nitrogen and oxygen atoms in total. The van der Waals surface area contributed by atoms with Crippen LogP contribution in [-0.2, 0) is 10.0 Å². The van der Waals surface area contributed by atoms with Crippen molar-refractivity contribution in [2.75, 3.05) is 13.2 Å². The van der Waals surface area contributed by atoms with Gasteiger partial charge in [-0.3, -0.25) is 0 Å². The molecule has 1 aromatic rings.